The number of amides is 1. The number of phenols is 1. The molecule has 5 nitrogen and oxygen atoms in total. The molecule has 0 spiro atoms. The lowest BCUT2D eigenvalue weighted by Gasteiger charge is -2.21. The summed E-state index contributed by atoms with van der Waals surface area (Å²) in [6.45, 7) is 12.4. The molecule has 2 rings (SSSR count). The molecule has 31 heavy (non-hydrogen) atoms. The van der Waals surface area contributed by atoms with Crippen LogP contribution in [0, 0.1) is 5.92 Å². The third kappa shape index (κ3) is 7.12. The van der Waals surface area contributed by atoms with Crippen molar-refractivity contribution < 1.29 is 9.90 Å². The third-order valence-corrected chi connectivity index (χ3v) is 5.55. The fourth-order valence-electron chi connectivity index (χ4n) is 3.61. The molecular weight excluding hydrogens is 386 g/mol. The Balaban J connectivity index is 1.98. The van der Waals surface area contributed by atoms with E-state index in [2.05, 4.69) is 68.9 Å². The summed E-state index contributed by atoms with van der Waals surface area (Å²) in [5.74, 6) is 0.836. The summed E-state index contributed by atoms with van der Waals surface area (Å²) in [7, 11) is 1.65. The lowest BCUT2D eigenvalue weighted by atomic mass is 9.94. The van der Waals surface area contributed by atoms with E-state index in [1.807, 2.05) is 12.1 Å². The zero-order valence-corrected chi connectivity index (χ0v) is 19.8. The van der Waals surface area contributed by atoms with Crippen LogP contribution in [0.4, 0.5) is 5.69 Å². The van der Waals surface area contributed by atoms with E-state index in [1.165, 1.54) is 16.8 Å². The molecule has 0 saturated carbocycles. The second kappa shape index (κ2) is 11.5. The van der Waals surface area contributed by atoms with Crippen molar-refractivity contribution in [3.05, 3.63) is 59.2 Å². The molecule has 0 aliphatic heterocycles. The van der Waals surface area contributed by atoms with Gasteiger partial charge in [-0.2, -0.15) is 5.10 Å². The Morgan fingerprint density at radius 1 is 1.06 bits per heavy atom. The molecule has 0 bridgehead atoms. The number of nitrogens with zero attached hydrogens (tertiary/aromatic N) is 3. The van der Waals surface area contributed by atoms with Gasteiger partial charge >= 0.3 is 0 Å². The molecule has 168 valence electrons. The van der Waals surface area contributed by atoms with Gasteiger partial charge in [-0.1, -0.05) is 45.0 Å². The number of phenolic OH excluding ortho intramolecular Hbond substituents is 1. The Labute approximate surface area is 187 Å². The highest BCUT2D eigenvalue weighted by Crippen LogP contribution is 2.24. The molecule has 0 fully saturated rings. The van der Waals surface area contributed by atoms with Crippen molar-refractivity contribution in [1.29, 1.82) is 0 Å². The Bertz CT molecular complexity index is 871. The van der Waals surface area contributed by atoms with Gasteiger partial charge < -0.3 is 10.0 Å². The smallest absolute Gasteiger partial charge is 0.242 e. The van der Waals surface area contributed by atoms with E-state index in [4.69, 9.17) is 0 Å². The second-order valence-electron chi connectivity index (χ2n) is 8.52. The molecule has 0 saturated heterocycles. The number of hydrogen-bond donors (Lipinski definition) is 1. The number of aromatic hydroxyl groups is 1. The van der Waals surface area contributed by atoms with E-state index in [-0.39, 0.29) is 17.6 Å². The summed E-state index contributed by atoms with van der Waals surface area (Å²) in [5.41, 5.74) is 4.04. The zero-order chi connectivity index (χ0) is 23.0. The van der Waals surface area contributed by atoms with Crippen LogP contribution in [-0.2, 0) is 11.2 Å². The predicted molar refractivity (Wildman–Crippen MR) is 130 cm³/mol. The van der Waals surface area contributed by atoms with Gasteiger partial charge in [0.05, 0.1) is 6.21 Å². The molecule has 0 heterocycles. The fraction of sp³-hybridized carbons (Fsp3) is 0.462. The van der Waals surface area contributed by atoms with Gasteiger partial charge in [-0.05, 0) is 55.4 Å². The maximum atomic E-state index is 12.6. The predicted octanol–water partition coefficient (Wildman–Crippen LogP) is 5.42. The molecule has 0 radical (unpaired) electrons. The summed E-state index contributed by atoms with van der Waals surface area (Å²) in [6, 6.07) is 14.1. The number of anilines is 1. The molecule has 2 aromatic carbocycles. The Kier molecular flexibility index (Phi) is 9.10. The number of rotatable bonds is 10. The van der Waals surface area contributed by atoms with Crippen LogP contribution >= 0.6 is 0 Å². The zero-order valence-electron chi connectivity index (χ0n) is 19.8. The quantitative estimate of drug-likeness (QED) is 0.410. The van der Waals surface area contributed by atoms with Crippen LogP contribution in [0.15, 0.2) is 47.6 Å². The summed E-state index contributed by atoms with van der Waals surface area (Å²) >= 11 is 0. The van der Waals surface area contributed by atoms with Gasteiger partial charge in [0.1, 0.15) is 5.75 Å². The van der Waals surface area contributed by atoms with Crippen molar-refractivity contribution in [3.8, 4) is 5.75 Å². The first-order valence-electron chi connectivity index (χ1n) is 11.2. The highest BCUT2D eigenvalue weighted by molar-refractivity contribution is 5.86. The minimum atomic E-state index is -0.0609. The molecule has 0 aliphatic rings. The molecule has 0 aliphatic carbocycles. The van der Waals surface area contributed by atoms with Crippen molar-refractivity contribution in [2.24, 2.45) is 11.0 Å². The first-order valence-corrected chi connectivity index (χ1v) is 11.2. The van der Waals surface area contributed by atoms with Crippen LogP contribution in [0.5, 0.6) is 5.75 Å². The number of hydrogen-bond acceptors (Lipinski definition) is 4. The lowest BCUT2D eigenvalue weighted by molar-refractivity contribution is -0.130. The third-order valence-electron chi connectivity index (χ3n) is 5.55. The lowest BCUT2D eigenvalue weighted by Crippen LogP contribution is -2.23. The number of hydrazone groups is 1. The minimum Gasteiger partial charge on any atom is -0.507 e. The van der Waals surface area contributed by atoms with Crippen molar-refractivity contribution in [1.82, 2.24) is 5.01 Å². The summed E-state index contributed by atoms with van der Waals surface area (Å²) in [6.07, 6.45) is 2.97. The van der Waals surface area contributed by atoms with Crippen LogP contribution < -0.4 is 4.90 Å². The van der Waals surface area contributed by atoms with Gasteiger partial charge in [0, 0.05) is 43.9 Å². The molecule has 0 aromatic heterocycles. The van der Waals surface area contributed by atoms with Crippen LogP contribution in [0.25, 0.3) is 0 Å². The van der Waals surface area contributed by atoms with Crippen molar-refractivity contribution in [3.63, 3.8) is 0 Å². The van der Waals surface area contributed by atoms with Gasteiger partial charge in [0.2, 0.25) is 5.91 Å². The highest BCUT2D eigenvalue weighted by Gasteiger charge is 2.15. The van der Waals surface area contributed by atoms with Gasteiger partial charge in [-0.15, -0.1) is 0 Å². The molecular formula is C26H37N3O2. The maximum Gasteiger partial charge on any atom is 0.242 e. The molecule has 5 heteroatoms. The molecule has 1 amide bonds. The van der Waals surface area contributed by atoms with Gasteiger partial charge in [0.15, 0.2) is 0 Å². The number of carbonyl (C=O) groups excluding carboxylic acids is 1. The van der Waals surface area contributed by atoms with Gasteiger partial charge in [-0.3, -0.25) is 4.79 Å². The maximum absolute atomic E-state index is 12.6. The van der Waals surface area contributed by atoms with Crippen LogP contribution in [-0.4, -0.2) is 42.4 Å². The highest BCUT2D eigenvalue weighted by atomic mass is 16.3. The summed E-state index contributed by atoms with van der Waals surface area (Å²) in [4.78, 5) is 14.8. The van der Waals surface area contributed by atoms with E-state index in [0.29, 0.717) is 17.9 Å². The Morgan fingerprint density at radius 3 is 2.26 bits per heavy atom. The summed E-state index contributed by atoms with van der Waals surface area (Å²) < 4.78 is 0. The van der Waals surface area contributed by atoms with Gasteiger partial charge in [-0.25, -0.2) is 5.01 Å². The Morgan fingerprint density at radius 2 is 1.71 bits per heavy atom. The normalized spacial score (nSPS) is 12.4. The standard InChI is InChI=1S/C26H37N3O2/c1-7-29(8-2)24-14-13-23(25(30)17-24)18-27-28(6)26(31)16-20(5)22-11-9-21(10-12-22)15-19(3)4/h9-14,17-20,30H,7-8,15-16H2,1-6H3/b27-18+. The van der Waals surface area contributed by atoms with Gasteiger partial charge in [0.25, 0.3) is 0 Å². The SMILES string of the molecule is CCN(CC)c1ccc(/C=N/N(C)C(=O)CC(C)c2ccc(CC(C)C)cc2)c(O)c1. The average molecular weight is 424 g/mol. The van der Waals surface area contributed by atoms with Crippen LogP contribution in [0.3, 0.4) is 0 Å². The van der Waals surface area contributed by atoms with Crippen molar-refractivity contribution >= 4 is 17.8 Å². The second-order valence-corrected chi connectivity index (χ2v) is 8.52. The van der Waals surface area contributed by atoms with E-state index < -0.39 is 0 Å². The largest absolute Gasteiger partial charge is 0.507 e. The topological polar surface area (TPSA) is 56.1 Å². The van der Waals surface area contributed by atoms with Crippen molar-refractivity contribution in [2.45, 2.75) is 53.4 Å². The molecule has 1 atom stereocenters. The molecule has 1 unspecified atom stereocenters. The number of carbonyl (C=O) groups is 1. The average Bonchev–Trinajstić information content (AvgIpc) is 2.73. The minimum absolute atomic E-state index is 0.0609. The first kappa shape index (κ1) is 24.4. The van der Waals surface area contributed by atoms with E-state index in [1.54, 1.807) is 13.1 Å². The molecule has 2 aromatic rings. The van der Waals surface area contributed by atoms with Crippen LogP contribution in [0.2, 0.25) is 0 Å². The number of benzene rings is 2. The first-order chi connectivity index (χ1) is 14.7. The Hall–Kier alpha value is -2.82. The summed E-state index contributed by atoms with van der Waals surface area (Å²) in [5, 5.41) is 15.9. The fourth-order valence-corrected chi connectivity index (χ4v) is 3.61. The molecule has 1 N–H and O–H groups in total. The van der Waals surface area contributed by atoms with Crippen molar-refractivity contribution in [2.75, 3.05) is 25.0 Å². The van der Waals surface area contributed by atoms with Crippen LogP contribution in [0.1, 0.15) is 63.6 Å². The van der Waals surface area contributed by atoms with E-state index >= 15 is 0 Å². The van der Waals surface area contributed by atoms with E-state index in [0.717, 1.165) is 30.8 Å². The van der Waals surface area contributed by atoms with E-state index in [9.17, 15) is 9.90 Å². The monoisotopic (exact) mass is 423 g/mol.